The van der Waals surface area contributed by atoms with Crippen molar-refractivity contribution in [3.8, 4) is 11.3 Å². The molecule has 0 N–H and O–H groups in total. The molecule has 1 heterocycles. The first-order valence-electron chi connectivity index (χ1n) is 7.15. The third-order valence-corrected chi connectivity index (χ3v) is 4.46. The molecule has 1 aromatic heterocycles. The summed E-state index contributed by atoms with van der Waals surface area (Å²) in [7, 11) is 0. The molecule has 0 spiro atoms. The van der Waals surface area contributed by atoms with E-state index < -0.39 is 0 Å². The summed E-state index contributed by atoms with van der Waals surface area (Å²) in [5.41, 5.74) is 4.29. The maximum Gasteiger partial charge on any atom is 0.251 e. The van der Waals surface area contributed by atoms with E-state index in [1.54, 1.807) is 6.07 Å². The summed E-state index contributed by atoms with van der Waals surface area (Å²) in [4.78, 5) is 12.3. The Kier molecular flexibility index (Phi) is 4.25. The average Bonchev–Trinajstić information content (AvgIpc) is 2.52. The molecule has 110 valence electrons. The van der Waals surface area contributed by atoms with Crippen LogP contribution in [0.1, 0.15) is 11.1 Å². The third-order valence-electron chi connectivity index (χ3n) is 3.68. The van der Waals surface area contributed by atoms with Gasteiger partial charge in [-0.2, -0.15) is 0 Å². The normalized spacial score (nSPS) is 10.6. The van der Waals surface area contributed by atoms with Crippen LogP contribution in [0.15, 0.2) is 76.0 Å². The molecular weight excluding hydrogens is 338 g/mol. The quantitative estimate of drug-likeness (QED) is 0.672. The number of aryl methyl sites for hydroxylation is 1. The molecule has 0 amide bonds. The van der Waals surface area contributed by atoms with Gasteiger partial charge in [0.05, 0.1) is 12.2 Å². The van der Waals surface area contributed by atoms with Crippen LogP contribution in [0.4, 0.5) is 0 Å². The number of nitrogens with zero attached hydrogens (tertiary/aromatic N) is 1. The van der Waals surface area contributed by atoms with Crippen molar-refractivity contribution >= 4 is 15.9 Å². The standard InChI is InChI=1S/C19H16BrNO/c1-14-9-11-15(12-10-14)18-7-4-8-19(22)21(18)13-16-5-2-3-6-17(16)20/h2-12H,13H2,1H3. The molecule has 2 aromatic carbocycles. The average molecular weight is 354 g/mol. The van der Waals surface area contributed by atoms with E-state index in [1.807, 2.05) is 41.0 Å². The van der Waals surface area contributed by atoms with Crippen LogP contribution in [-0.4, -0.2) is 4.57 Å². The predicted octanol–water partition coefficient (Wildman–Crippen LogP) is 4.63. The predicted molar refractivity (Wildman–Crippen MR) is 94.1 cm³/mol. The monoisotopic (exact) mass is 353 g/mol. The molecule has 22 heavy (non-hydrogen) atoms. The molecule has 0 aliphatic carbocycles. The van der Waals surface area contributed by atoms with E-state index >= 15 is 0 Å². The first-order chi connectivity index (χ1) is 10.6. The summed E-state index contributed by atoms with van der Waals surface area (Å²) in [5.74, 6) is 0. The van der Waals surface area contributed by atoms with Crippen molar-refractivity contribution < 1.29 is 0 Å². The highest BCUT2D eigenvalue weighted by atomic mass is 79.9. The SMILES string of the molecule is Cc1ccc(-c2cccc(=O)n2Cc2ccccc2Br)cc1. The van der Waals surface area contributed by atoms with E-state index in [1.165, 1.54) is 5.56 Å². The molecule has 0 saturated carbocycles. The zero-order valence-electron chi connectivity index (χ0n) is 12.3. The molecule has 3 rings (SSSR count). The highest BCUT2D eigenvalue weighted by Gasteiger charge is 2.08. The van der Waals surface area contributed by atoms with Gasteiger partial charge >= 0.3 is 0 Å². The van der Waals surface area contributed by atoms with Crippen LogP contribution in [0.3, 0.4) is 0 Å². The van der Waals surface area contributed by atoms with Crippen LogP contribution in [0, 0.1) is 6.92 Å². The second kappa shape index (κ2) is 6.32. The van der Waals surface area contributed by atoms with Crippen molar-refractivity contribution in [2.75, 3.05) is 0 Å². The number of aromatic nitrogens is 1. The van der Waals surface area contributed by atoms with Crippen molar-refractivity contribution in [3.63, 3.8) is 0 Å². The maximum absolute atomic E-state index is 12.3. The lowest BCUT2D eigenvalue weighted by Gasteiger charge is -2.14. The minimum absolute atomic E-state index is 0.00817. The van der Waals surface area contributed by atoms with E-state index in [4.69, 9.17) is 0 Å². The Labute approximate surface area is 138 Å². The molecule has 0 fully saturated rings. The summed E-state index contributed by atoms with van der Waals surface area (Å²) in [6.45, 7) is 2.60. The van der Waals surface area contributed by atoms with E-state index in [9.17, 15) is 4.79 Å². The lowest BCUT2D eigenvalue weighted by molar-refractivity contribution is 0.766. The van der Waals surface area contributed by atoms with Gasteiger partial charge in [0, 0.05) is 10.5 Å². The highest BCUT2D eigenvalue weighted by Crippen LogP contribution is 2.22. The Morgan fingerprint density at radius 3 is 2.36 bits per heavy atom. The zero-order chi connectivity index (χ0) is 15.5. The molecule has 0 aliphatic rings. The number of pyridine rings is 1. The van der Waals surface area contributed by atoms with E-state index in [0.717, 1.165) is 21.3 Å². The van der Waals surface area contributed by atoms with Gasteiger partial charge in [0.1, 0.15) is 0 Å². The van der Waals surface area contributed by atoms with E-state index in [0.29, 0.717) is 6.54 Å². The van der Waals surface area contributed by atoms with Gasteiger partial charge in [0.15, 0.2) is 0 Å². The molecule has 0 bridgehead atoms. The Hall–Kier alpha value is -2.13. The van der Waals surface area contributed by atoms with Crippen LogP contribution in [0.25, 0.3) is 11.3 Å². The van der Waals surface area contributed by atoms with Crippen molar-refractivity contribution in [2.45, 2.75) is 13.5 Å². The minimum Gasteiger partial charge on any atom is -0.304 e. The fourth-order valence-corrected chi connectivity index (χ4v) is 2.87. The lowest BCUT2D eigenvalue weighted by Crippen LogP contribution is -2.21. The highest BCUT2D eigenvalue weighted by molar-refractivity contribution is 9.10. The van der Waals surface area contributed by atoms with Crippen LogP contribution in [-0.2, 0) is 6.54 Å². The van der Waals surface area contributed by atoms with Crippen LogP contribution in [0.5, 0.6) is 0 Å². The molecule has 0 unspecified atom stereocenters. The lowest BCUT2D eigenvalue weighted by atomic mass is 10.1. The Bertz CT molecular complexity index is 850. The Morgan fingerprint density at radius 1 is 0.909 bits per heavy atom. The van der Waals surface area contributed by atoms with Gasteiger partial charge in [-0.25, -0.2) is 0 Å². The largest absolute Gasteiger partial charge is 0.304 e. The maximum atomic E-state index is 12.3. The molecule has 0 aliphatic heterocycles. The summed E-state index contributed by atoms with van der Waals surface area (Å²) in [6.07, 6.45) is 0. The summed E-state index contributed by atoms with van der Waals surface area (Å²) < 4.78 is 2.82. The fourth-order valence-electron chi connectivity index (χ4n) is 2.46. The number of hydrogen-bond acceptors (Lipinski definition) is 1. The molecule has 0 atom stereocenters. The minimum atomic E-state index is 0.00817. The van der Waals surface area contributed by atoms with E-state index in [-0.39, 0.29) is 5.56 Å². The van der Waals surface area contributed by atoms with Crippen molar-refractivity contribution in [2.24, 2.45) is 0 Å². The summed E-state index contributed by atoms with van der Waals surface area (Å²) in [5, 5.41) is 0. The van der Waals surface area contributed by atoms with Gasteiger partial charge in [-0.15, -0.1) is 0 Å². The summed E-state index contributed by atoms with van der Waals surface area (Å²) >= 11 is 3.55. The topological polar surface area (TPSA) is 22.0 Å². The first kappa shape index (κ1) is 14.8. The molecule has 0 saturated heterocycles. The van der Waals surface area contributed by atoms with Gasteiger partial charge in [0.2, 0.25) is 0 Å². The van der Waals surface area contributed by atoms with Gasteiger partial charge in [0.25, 0.3) is 5.56 Å². The van der Waals surface area contributed by atoms with E-state index in [2.05, 4.69) is 47.1 Å². The van der Waals surface area contributed by atoms with Gasteiger partial charge < -0.3 is 4.57 Å². The van der Waals surface area contributed by atoms with Crippen LogP contribution in [0.2, 0.25) is 0 Å². The molecule has 3 heteroatoms. The Balaban J connectivity index is 2.10. The zero-order valence-corrected chi connectivity index (χ0v) is 13.9. The van der Waals surface area contributed by atoms with Crippen molar-refractivity contribution in [1.29, 1.82) is 0 Å². The number of halogens is 1. The number of hydrogen-bond donors (Lipinski definition) is 0. The van der Waals surface area contributed by atoms with Gasteiger partial charge in [-0.1, -0.05) is 70.0 Å². The smallest absolute Gasteiger partial charge is 0.251 e. The molecule has 3 aromatic rings. The molecule has 0 radical (unpaired) electrons. The second-order valence-corrected chi connectivity index (χ2v) is 6.15. The van der Waals surface area contributed by atoms with Crippen molar-refractivity contribution in [1.82, 2.24) is 4.57 Å². The van der Waals surface area contributed by atoms with Gasteiger partial charge in [-0.05, 0) is 30.2 Å². The van der Waals surface area contributed by atoms with Crippen LogP contribution >= 0.6 is 15.9 Å². The van der Waals surface area contributed by atoms with Crippen molar-refractivity contribution in [3.05, 3.63) is 92.7 Å². The van der Waals surface area contributed by atoms with Crippen LogP contribution < -0.4 is 5.56 Å². The number of benzene rings is 2. The molecule has 2 nitrogen and oxygen atoms in total. The molecular formula is C19H16BrNO. The van der Waals surface area contributed by atoms with Gasteiger partial charge in [-0.3, -0.25) is 4.79 Å². The number of rotatable bonds is 3. The summed E-state index contributed by atoms with van der Waals surface area (Å²) in [6, 6.07) is 21.6. The second-order valence-electron chi connectivity index (χ2n) is 5.29. The Morgan fingerprint density at radius 2 is 1.64 bits per heavy atom. The fraction of sp³-hybridized carbons (Fsp3) is 0.105. The first-order valence-corrected chi connectivity index (χ1v) is 7.95. The third kappa shape index (κ3) is 3.04.